The van der Waals surface area contributed by atoms with E-state index in [1.165, 1.54) is 71.1 Å². The molecule has 0 spiro atoms. The van der Waals surface area contributed by atoms with Gasteiger partial charge in [-0.15, -0.1) is 0 Å². The summed E-state index contributed by atoms with van der Waals surface area (Å²) in [6, 6.07) is 0. The Morgan fingerprint density at radius 2 is 1.26 bits per heavy atom. The van der Waals surface area contributed by atoms with Gasteiger partial charge in [-0.2, -0.15) is 0 Å². The maximum atomic E-state index is 11.6. The van der Waals surface area contributed by atoms with Crippen molar-refractivity contribution in [1.82, 2.24) is 5.32 Å². The molecule has 0 aliphatic rings. The third kappa shape index (κ3) is 15.6. The molecule has 0 bridgehead atoms. The van der Waals surface area contributed by atoms with Crippen molar-refractivity contribution in [3.8, 4) is 0 Å². The summed E-state index contributed by atoms with van der Waals surface area (Å²) in [4.78, 5) is 22.3. The van der Waals surface area contributed by atoms with Crippen LogP contribution >= 0.6 is 0 Å². The molecule has 1 atom stereocenters. The normalized spacial score (nSPS) is 12.0. The van der Waals surface area contributed by atoms with E-state index in [-0.39, 0.29) is 5.91 Å². The zero-order chi connectivity index (χ0) is 17.3. The average molecular weight is 328 g/mol. The lowest BCUT2D eigenvalue weighted by Crippen LogP contribution is -2.35. The van der Waals surface area contributed by atoms with E-state index in [9.17, 15) is 9.59 Å². The molecule has 0 aromatic heterocycles. The predicted octanol–water partition coefficient (Wildman–Crippen LogP) is 4.76. The molecule has 4 nitrogen and oxygen atoms in total. The highest BCUT2D eigenvalue weighted by molar-refractivity contribution is 5.82. The van der Waals surface area contributed by atoms with Crippen molar-refractivity contribution >= 4 is 11.9 Å². The van der Waals surface area contributed by atoms with Crippen LogP contribution in [-0.4, -0.2) is 24.5 Å². The molecule has 0 saturated heterocycles. The summed E-state index contributed by atoms with van der Waals surface area (Å²) in [6.07, 6.45) is 15.0. The van der Waals surface area contributed by atoms with E-state index >= 15 is 0 Å². The quantitative estimate of drug-likeness (QED) is 0.349. The van der Waals surface area contributed by atoms with Crippen LogP contribution in [0.2, 0.25) is 0 Å². The minimum Gasteiger partial charge on any atom is -0.453 e. The van der Waals surface area contributed by atoms with Gasteiger partial charge in [0.05, 0.1) is 0 Å². The number of ether oxygens (including phenoxy) is 1. The molecule has 0 fully saturated rings. The van der Waals surface area contributed by atoms with E-state index < -0.39 is 12.1 Å². The molecule has 23 heavy (non-hydrogen) atoms. The number of rotatable bonds is 15. The maximum absolute atomic E-state index is 11.6. The van der Waals surface area contributed by atoms with Gasteiger partial charge in [0.1, 0.15) is 0 Å². The molecule has 0 aromatic rings. The molecule has 0 saturated carbocycles. The third-order valence-corrected chi connectivity index (χ3v) is 4.04. The van der Waals surface area contributed by atoms with Gasteiger partial charge in [-0.05, 0) is 13.3 Å². The van der Waals surface area contributed by atoms with Crippen LogP contribution in [0.1, 0.15) is 97.8 Å². The molecule has 0 unspecified atom stereocenters. The van der Waals surface area contributed by atoms with E-state index in [1.807, 2.05) is 0 Å². The number of unbranched alkanes of at least 4 members (excludes halogenated alkanes) is 11. The molecule has 0 aliphatic carbocycles. The molecule has 0 aromatic carbocycles. The van der Waals surface area contributed by atoms with Gasteiger partial charge in [0, 0.05) is 13.5 Å². The summed E-state index contributed by atoms with van der Waals surface area (Å²) in [5, 5.41) is 2.81. The Bertz CT molecular complexity index is 305. The van der Waals surface area contributed by atoms with Crippen LogP contribution < -0.4 is 5.32 Å². The Balaban J connectivity index is 3.24. The monoisotopic (exact) mass is 327 g/mol. The van der Waals surface area contributed by atoms with Crippen molar-refractivity contribution in [2.75, 3.05) is 6.54 Å². The van der Waals surface area contributed by atoms with Crippen LogP contribution in [0.15, 0.2) is 0 Å². The van der Waals surface area contributed by atoms with Gasteiger partial charge >= 0.3 is 5.97 Å². The average Bonchev–Trinajstić information content (AvgIpc) is 2.51. The van der Waals surface area contributed by atoms with Gasteiger partial charge in [-0.3, -0.25) is 9.59 Å². The second kappa shape index (κ2) is 15.8. The van der Waals surface area contributed by atoms with Crippen molar-refractivity contribution in [2.24, 2.45) is 0 Å². The summed E-state index contributed by atoms with van der Waals surface area (Å²) in [5.74, 6) is -0.624. The molecule has 0 rings (SSSR count). The number of carbonyl (C=O) groups excluding carboxylic acids is 2. The maximum Gasteiger partial charge on any atom is 0.303 e. The number of amides is 1. The van der Waals surface area contributed by atoms with E-state index in [2.05, 4.69) is 12.2 Å². The van der Waals surface area contributed by atoms with Crippen molar-refractivity contribution in [1.29, 1.82) is 0 Å². The number of esters is 1. The van der Waals surface area contributed by atoms with Crippen molar-refractivity contribution in [3.63, 3.8) is 0 Å². The largest absolute Gasteiger partial charge is 0.453 e. The molecule has 1 N–H and O–H groups in total. The molecule has 0 radical (unpaired) electrons. The van der Waals surface area contributed by atoms with Crippen molar-refractivity contribution < 1.29 is 14.3 Å². The van der Waals surface area contributed by atoms with Crippen molar-refractivity contribution in [2.45, 2.75) is 104 Å². The van der Waals surface area contributed by atoms with E-state index in [4.69, 9.17) is 4.74 Å². The van der Waals surface area contributed by atoms with Crippen LogP contribution in [0, 0.1) is 0 Å². The fourth-order valence-corrected chi connectivity index (χ4v) is 2.62. The Kier molecular flexibility index (Phi) is 15.1. The van der Waals surface area contributed by atoms with Crippen LogP contribution in [0.5, 0.6) is 0 Å². The van der Waals surface area contributed by atoms with Gasteiger partial charge in [0.25, 0.3) is 5.91 Å². The van der Waals surface area contributed by atoms with Gasteiger partial charge in [0.2, 0.25) is 0 Å². The SMILES string of the molecule is CCCCCCCCCCCCCCNC(=O)[C@@H](C)OC(C)=O. The molecule has 1 amide bonds. The van der Waals surface area contributed by atoms with Crippen LogP contribution in [-0.2, 0) is 14.3 Å². The Labute approximate surface area is 142 Å². The summed E-state index contributed by atoms with van der Waals surface area (Å²) >= 11 is 0. The number of hydrogen-bond acceptors (Lipinski definition) is 3. The lowest BCUT2D eigenvalue weighted by molar-refractivity contribution is -0.152. The summed E-state index contributed by atoms with van der Waals surface area (Å²) in [7, 11) is 0. The number of hydrogen-bond donors (Lipinski definition) is 1. The summed E-state index contributed by atoms with van der Waals surface area (Å²) in [6.45, 7) is 5.84. The number of carbonyl (C=O) groups is 2. The fraction of sp³-hybridized carbons (Fsp3) is 0.895. The minimum absolute atomic E-state index is 0.205. The molecule has 136 valence electrons. The first-order valence-electron chi connectivity index (χ1n) is 9.52. The molecular weight excluding hydrogens is 290 g/mol. The van der Waals surface area contributed by atoms with E-state index in [1.54, 1.807) is 6.92 Å². The predicted molar refractivity (Wildman–Crippen MR) is 95.3 cm³/mol. The summed E-state index contributed by atoms with van der Waals surface area (Å²) < 4.78 is 4.82. The first-order chi connectivity index (χ1) is 11.1. The molecule has 0 heterocycles. The standard InChI is InChI=1S/C19H37NO3/c1-4-5-6-7-8-9-10-11-12-13-14-15-16-20-19(22)17(2)23-18(3)21/h17H,4-16H2,1-3H3,(H,20,22)/t17-/m1/s1. The van der Waals surface area contributed by atoms with E-state index in [0.29, 0.717) is 6.54 Å². The fourth-order valence-electron chi connectivity index (χ4n) is 2.62. The molecular formula is C19H37NO3. The highest BCUT2D eigenvalue weighted by atomic mass is 16.5. The summed E-state index contributed by atoms with van der Waals surface area (Å²) in [5.41, 5.74) is 0. The highest BCUT2D eigenvalue weighted by Crippen LogP contribution is 2.11. The molecule has 0 aliphatic heterocycles. The smallest absolute Gasteiger partial charge is 0.303 e. The van der Waals surface area contributed by atoms with E-state index in [0.717, 1.165) is 12.8 Å². The second-order valence-corrected chi connectivity index (χ2v) is 6.43. The zero-order valence-electron chi connectivity index (χ0n) is 15.5. The Morgan fingerprint density at radius 1 is 0.826 bits per heavy atom. The first kappa shape index (κ1) is 21.9. The highest BCUT2D eigenvalue weighted by Gasteiger charge is 2.14. The Morgan fingerprint density at radius 3 is 1.70 bits per heavy atom. The van der Waals surface area contributed by atoms with Crippen LogP contribution in [0.3, 0.4) is 0 Å². The van der Waals surface area contributed by atoms with Crippen LogP contribution in [0.25, 0.3) is 0 Å². The minimum atomic E-state index is -0.690. The first-order valence-corrected chi connectivity index (χ1v) is 9.52. The second-order valence-electron chi connectivity index (χ2n) is 6.43. The topological polar surface area (TPSA) is 55.4 Å². The van der Waals surface area contributed by atoms with Crippen molar-refractivity contribution in [3.05, 3.63) is 0 Å². The zero-order valence-corrected chi connectivity index (χ0v) is 15.5. The van der Waals surface area contributed by atoms with Gasteiger partial charge < -0.3 is 10.1 Å². The third-order valence-electron chi connectivity index (χ3n) is 4.04. The van der Waals surface area contributed by atoms with Gasteiger partial charge in [-0.1, -0.05) is 77.6 Å². The lowest BCUT2D eigenvalue weighted by Gasteiger charge is -2.11. The lowest BCUT2D eigenvalue weighted by atomic mass is 10.1. The Hall–Kier alpha value is -1.06. The number of nitrogens with one attached hydrogen (secondary N) is 1. The van der Waals surface area contributed by atoms with Gasteiger partial charge in [0.15, 0.2) is 6.10 Å². The van der Waals surface area contributed by atoms with Gasteiger partial charge in [-0.25, -0.2) is 0 Å². The molecule has 4 heteroatoms. The van der Waals surface area contributed by atoms with Crippen LogP contribution in [0.4, 0.5) is 0 Å².